The van der Waals surface area contributed by atoms with Gasteiger partial charge >= 0.3 is 5.97 Å². The lowest BCUT2D eigenvalue weighted by Gasteiger charge is -2.06. The molecule has 2 heterocycles. The van der Waals surface area contributed by atoms with Crippen LogP contribution in [0.25, 0.3) is 11.7 Å². The van der Waals surface area contributed by atoms with Gasteiger partial charge in [0.15, 0.2) is 0 Å². The van der Waals surface area contributed by atoms with Crippen molar-refractivity contribution < 1.29 is 14.6 Å². The minimum Gasteiger partial charge on any atom is -0.477 e. The molecule has 0 spiro atoms. The van der Waals surface area contributed by atoms with Crippen molar-refractivity contribution in [1.82, 2.24) is 9.38 Å². The highest BCUT2D eigenvalue weighted by Gasteiger charge is 2.16. The van der Waals surface area contributed by atoms with Gasteiger partial charge in [0.25, 0.3) is 0 Å². The SMILES string of the molecule is Cc1cccn2c(C=C(C#N)C(=O)O)c(OCC(C)C)nc12. The van der Waals surface area contributed by atoms with Gasteiger partial charge in [-0.2, -0.15) is 10.2 Å². The number of hydrogen-bond acceptors (Lipinski definition) is 4. The van der Waals surface area contributed by atoms with Crippen LogP contribution in [0.5, 0.6) is 5.88 Å². The summed E-state index contributed by atoms with van der Waals surface area (Å²) >= 11 is 0. The van der Waals surface area contributed by atoms with Crippen LogP contribution >= 0.6 is 0 Å². The molecule has 2 aromatic heterocycles. The second kappa shape index (κ2) is 6.31. The first kappa shape index (κ1) is 15.6. The summed E-state index contributed by atoms with van der Waals surface area (Å²) in [6, 6.07) is 5.42. The molecular weight excluding hydrogens is 282 g/mol. The Morgan fingerprint density at radius 1 is 1.59 bits per heavy atom. The predicted octanol–water partition coefficient (Wildman–Crippen LogP) is 2.67. The Labute approximate surface area is 128 Å². The average molecular weight is 299 g/mol. The van der Waals surface area contributed by atoms with Crippen LogP contribution in [0.4, 0.5) is 0 Å². The molecule has 0 aliphatic carbocycles. The summed E-state index contributed by atoms with van der Waals surface area (Å²) in [5.41, 5.74) is 1.71. The lowest BCUT2D eigenvalue weighted by atomic mass is 10.2. The van der Waals surface area contributed by atoms with E-state index in [1.807, 2.05) is 32.9 Å². The number of ether oxygens (including phenoxy) is 1. The number of carboxylic acids is 1. The number of aryl methyl sites for hydroxylation is 1. The maximum absolute atomic E-state index is 11.1. The Morgan fingerprint density at radius 3 is 2.91 bits per heavy atom. The molecule has 2 aromatic rings. The van der Waals surface area contributed by atoms with E-state index in [0.29, 0.717) is 29.7 Å². The van der Waals surface area contributed by atoms with E-state index in [9.17, 15) is 4.79 Å². The van der Waals surface area contributed by atoms with Gasteiger partial charge in [-0.3, -0.25) is 4.40 Å². The Morgan fingerprint density at radius 2 is 2.32 bits per heavy atom. The molecule has 6 nitrogen and oxygen atoms in total. The highest BCUT2D eigenvalue weighted by Crippen LogP contribution is 2.25. The molecule has 0 aromatic carbocycles. The molecule has 0 fully saturated rings. The number of pyridine rings is 1. The van der Waals surface area contributed by atoms with Crippen molar-refractivity contribution in [2.24, 2.45) is 5.92 Å². The van der Waals surface area contributed by atoms with E-state index in [1.54, 1.807) is 16.7 Å². The standard InChI is InChI=1S/C16H17N3O3/c1-10(2)9-22-15-13(7-12(8-17)16(20)21)19-6-4-5-11(3)14(19)18-15/h4-7,10H,9H2,1-3H3,(H,20,21). The zero-order chi connectivity index (χ0) is 16.3. The van der Waals surface area contributed by atoms with Crippen molar-refractivity contribution in [2.75, 3.05) is 6.61 Å². The first-order valence-electron chi connectivity index (χ1n) is 6.89. The molecule has 0 saturated heterocycles. The van der Waals surface area contributed by atoms with Gasteiger partial charge in [0.1, 0.15) is 23.0 Å². The topological polar surface area (TPSA) is 87.6 Å². The second-order valence-electron chi connectivity index (χ2n) is 5.37. The van der Waals surface area contributed by atoms with Crippen LogP contribution in [0.1, 0.15) is 25.1 Å². The van der Waals surface area contributed by atoms with Crippen molar-refractivity contribution in [2.45, 2.75) is 20.8 Å². The number of nitriles is 1. The number of hydrogen-bond donors (Lipinski definition) is 1. The van der Waals surface area contributed by atoms with E-state index in [1.165, 1.54) is 6.08 Å². The van der Waals surface area contributed by atoms with Gasteiger partial charge in [-0.15, -0.1) is 0 Å². The van der Waals surface area contributed by atoms with Gasteiger partial charge in [0.05, 0.1) is 6.61 Å². The zero-order valence-electron chi connectivity index (χ0n) is 12.7. The van der Waals surface area contributed by atoms with Gasteiger partial charge in [-0.1, -0.05) is 19.9 Å². The molecule has 1 N–H and O–H groups in total. The lowest BCUT2D eigenvalue weighted by Crippen LogP contribution is -2.06. The first-order chi connectivity index (χ1) is 10.4. The quantitative estimate of drug-likeness (QED) is 0.677. The fraction of sp³-hybridized carbons (Fsp3) is 0.312. The minimum absolute atomic E-state index is 0.303. The smallest absolute Gasteiger partial charge is 0.346 e. The molecule has 0 unspecified atom stereocenters. The number of carbonyl (C=O) groups is 1. The van der Waals surface area contributed by atoms with Crippen LogP contribution in [0.15, 0.2) is 23.9 Å². The van der Waals surface area contributed by atoms with Crippen LogP contribution in [0, 0.1) is 24.2 Å². The first-order valence-corrected chi connectivity index (χ1v) is 6.89. The minimum atomic E-state index is -1.28. The Balaban J connectivity index is 2.63. The maximum atomic E-state index is 11.1. The van der Waals surface area contributed by atoms with E-state index in [-0.39, 0.29) is 5.57 Å². The molecular formula is C16H17N3O3. The summed E-state index contributed by atoms with van der Waals surface area (Å²) in [5.74, 6) is -0.644. The molecule has 0 saturated carbocycles. The van der Waals surface area contributed by atoms with Gasteiger partial charge in [0.2, 0.25) is 5.88 Å². The van der Waals surface area contributed by atoms with E-state index in [0.717, 1.165) is 5.56 Å². The largest absolute Gasteiger partial charge is 0.477 e. The summed E-state index contributed by atoms with van der Waals surface area (Å²) in [5, 5.41) is 18.0. The van der Waals surface area contributed by atoms with E-state index in [2.05, 4.69) is 4.98 Å². The Hall–Kier alpha value is -2.81. The highest BCUT2D eigenvalue weighted by atomic mass is 16.5. The van der Waals surface area contributed by atoms with Crippen LogP contribution in [0.2, 0.25) is 0 Å². The fourth-order valence-electron chi connectivity index (χ4n) is 1.96. The summed E-state index contributed by atoms with van der Waals surface area (Å²) in [4.78, 5) is 15.5. The van der Waals surface area contributed by atoms with Gasteiger partial charge < -0.3 is 9.84 Å². The molecule has 0 aliphatic rings. The second-order valence-corrected chi connectivity index (χ2v) is 5.37. The van der Waals surface area contributed by atoms with Crippen molar-refractivity contribution in [3.63, 3.8) is 0 Å². The molecule has 0 amide bonds. The number of nitrogens with zero attached hydrogens (tertiary/aromatic N) is 3. The number of fused-ring (bicyclic) bond motifs is 1. The van der Waals surface area contributed by atoms with Crippen molar-refractivity contribution in [3.8, 4) is 11.9 Å². The van der Waals surface area contributed by atoms with Crippen LogP contribution < -0.4 is 4.74 Å². The molecule has 0 atom stereocenters. The summed E-state index contributed by atoms with van der Waals surface area (Å²) in [6.07, 6.45) is 3.05. The van der Waals surface area contributed by atoms with Crippen molar-refractivity contribution in [3.05, 3.63) is 35.2 Å². The van der Waals surface area contributed by atoms with Crippen LogP contribution in [-0.4, -0.2) is 27.1 Å². The molecule has 114 valence electrons. The number of rotatable bonds is 5. The van der Waals surface area contributed by atoms with Crippen LogP contribution in [0.3, 0.4) is 0 Å². The van der Waals surface area contributed by atoms with Gasteiger partial charge in [0, 0.05) is 6.20 Å². The number of carboxylic acid groups (broad SMARTS) is 1. The van der Waals surface area contributed by atoms with E-state index >= 15 is 0 Å². The third-order valence-electron chi connectivity index (χ3n) is 3.03. The van der Waals surface area contributed by atoms with Crippen molar-refractivity contribution in [1.29, 1.82) is 5.26 Å². The third kappa shape index (κ3) is 3.09. The van der Waals surface area contributed by atoms with E-state index < -0.39 is 5.97 Å². The molecule has 6 heteroatoms. The molecule has 22 heavy (non-hydrogen) atoms. The summed E-state index contributed by atoms with van der Waals surface area (Å²) in [7, 11) is 0. The molecule has 2 rings (SSSR count). The van der Waals surface area contributed by atoms with Gasteiger partial charge in [-0.05, 0) is 30.5 Å². The Kier molecular flexibility index (Phi) is 4.47. The Bertz CT molecular complexity index is 782. The lowest BCUT2D eigenvalue weighted by molar-refractivity contribution is -0.132. The normalized spacial score (nSPS) is 11.7. The van der Waals surface area contributed by atoms with Crippen LogP contribution in [-0.2, 0) is 4.79 Å². The van der Waals surface area contributed by atoms with Crippen molar-refractivity contribution >= 4 is 17.7 Å². The highest BCUT2D eigenvalue weighted by molar-refractivity contribution is 5.96. The zero-order valence-corrected chi connectivity index (χ0v) is 12.7. The summed E-state index contributed by atoms with van der Waals surface area (Å²) in [6.45, 7) is 6.38. The number of aliphatic carboxylic acids is 1. The average Bonchev–Trinajstić information content (AvgIpc) is 2.81. The predicted molar refractivity (Wildman–Crippen MR) is 81.5 cm³/mol. The third-order valence-corrected chi connectivity index (χ3v) is 3.03. The monoisotopic (exact) mass is 299 g/mol. The maximum Gasteiger partial charge on any atom is 0.346 e. The van der Waals surface area contributed by atoms with Gasteiger partial charge in [-0.25, -0.2) is 4.79 Å². The fourth-order valence-corrected chi connectivity index (χ4v) is 1.96. The number of aromatic nitrogens is 2. The summed E-state index contributed by atoms with van der Waals surface area (Å²) < 4.78 is 7.41. The number of imidazole rings is 1. The van der Waals surface area contributed by atoms with E-state index in [4.69, 9.17) is 15.1 Å². The molecule has 0 aliphatic heterocycles. The molecule has 0 radical (unpaired) electrons. The molecule has 0 bridgehead atoms.